The Hall–Kier alpha value is -4.45. The van der Waals surface area contributed by atoms with Crippen LogP contribution in [0.4, 0.5) is 0 Å². The Labute approximate surface area is 190 Å². The minimum Gasteiger partial charge on any atom is -0.493 e. The molecule has 1 aliphatic rings. The lowest BCUT2D eigenvalue weighted by molar-refractivity contribution is 0.0600. The minimum absolute atomic E-state index is 0.0191. The number of rotatable bonds is 6. The van der Waals surface area contributed by atoms with Crippen molar-refractivity contribution in [3.63, 3.8) is 0 Å². The second-order valence-electron chi connectivity index (χ2n) is 7.15. The first kappa shape index (κ1) is 21.8. The van der Waals surface area contributed by atoms with Crippen LogP contribution in [0.1, 0.15) is 34.3 Å². The topological polar surface area (TPSA) is 132 Å². The van der Waals surface area contributed by atoms with Gasteiger partial charge in [-0.2, -0.15) is 5.26 Å². The van der Waals surface area contributed by atoms with E-state index in [0.717, 1.165) is 11.1 Å². The molecular formula is C24H22N4O5. The van der Waals surface area contributed by atoms with E-state index in [1.54, 1.807) is 31.4 Å². The maximum absolute atomic E-state index is 11.8. The highest BCUT2D eigenvalue weighted by Crippen LogP contribution is 2.46. The van der Waals surface area contributed by atoms with Crippen molar-refractivity contribution in [2.45, 2.75) is 12.8 Å². The number of hydrogen-bond donors (Lipinski definition) is 2. The molecule has 0 radical (unpaired) electrons. The summed E-state index contributed by atoms with van der Waals surface area (Å²) in [5.74, 6) is 0.423. The molecular weight excluding hydrogens is 424 g/mol. The highest BCUT2D eigenvalue weighted by Gasteiger charge is 2.35. The number of nitriles is 1. The van der Waals surface area contributed by atoms with Crippen LogP contribution in [0.3, 0.4) is 0 Å². The van der Waals surface area contributed by atoms with Gasteiger partial charge in [-0.3, -0.25) is 5.10 Å². The number of ether oxygens (including phenoxy) is 4. The molecule has 3 N–H and O–H groups in total. The first-order valence-electron chi connectivity index (χ1n) is 10.2. The molecule has 4 rings (SSSR count). The van der Waals surface area contributed by atoms with Crippen molar-refractivity contribution in [2.75, 3.05) is 20.8 Å². The zero-order chi connectivity index (χ0) is 23.5. The lowest BCUT2D eigenvalue weighted by Crippen LogP contribution is -2.21. The number of nitrogens with one attached hydrogen (secondary N) is 1. The summed E-state index contributed by atoms with van der Waals surface area (Å²) < 4.78 is 21.5. The molecule has 1 unspecified atom stereocenters. The third-order valence-electron chi connectivity index (χ3n) is 5.36. The number of benzene rings is 2. The summed E-state index contributed by atoms with van der Waals surface area (Å²) in [4.78, 5) is 11.8. The van der Waals surface area contributed by atoms with Crippen LogP contribution in [0.2, 0.25) is 0 Å². The van der Waals surface area contributed by atoms with Crippen molar-refractivity contribution in [2.24, 2.45) is 5.73 Å². The summed E-state index contributed by atoms with van der Waals surface area (Å²) in [7, 11) is 2.89. The van der Waals surface area contributed by atoms with Gasteiger partial charge in [0.2, 0.25) is 11.8 Å². The minimum atomic E-state index is -0.559. The number of fused-ring (bicyclic) bond motifs is 1. The van der Waals surface area contributed by atoms with E-state index in [9.17, 15) is 10.1 Å². The zero-order valence-electron chi connectivity index (χ0n) is 18.3. The van der Waals surface area contributed by atoms with Gasteiger partial charge < -0.3 is 24.7 Å². The van der Waals surface area contributed by atoms with Crippen LogP contribution in [-0.2, 0) is 4.74 Å². The van der Waals surface area contributed by atoms with Crippen molar-refractivity contribution >= 4 is 5.97 Å². The molecule has 0 saturated carbocycles. The Balaban J connectivity index is 1.85. The van der Waals surface area contributed by atoms with Crippen molar-refractivity contribution in [1.29, 1.82) is 5.26 Å². The molecule has 9 heteroatoms. The molecule has 1 aliphatic heterocycles. The number of nitrogens with zero attached hydrogens (tertiary/aromatic N) is 2. The lowest BCUT2D eigenvalue weighted by Gasteiger charge is -2.24. The van der Waals surface area contributed by atoms with Crippen LogP contribution in [0, 0.1) is 11.3 Å². The quantitative estimate of drug-likeness (QED) is 0.550. The summed E-state index contributed by atoms with van der Waals surface area (Å²) in [6.45, 7) is 2.40. The molecule has 0 spiro atoms. The van der Waals surface area contributed by atoms with Crippen molar-refractivity contribution < 1.29 is 23.7 Å². The van der Waals surface area contributed by atoms with Crippen LogP contribution in [0.15, 0.2) is 53.9 Å². The number of nitrogens with two attached hydrogens (primary N) is 1. The number of aromatic amines is 1. The average Bonchev–Trinajstić information content (AvgIpc) is 3.26. The monoisotopic (exact) mass is 446 g/mol. The van der Waals surface area contributed by atoms with E-state index in [4.69, 9.17) is 24.7 Å². The van der Waals surface area contributed by atoms with Gasteiger partial charge in [0.15, 0.2) is 11.5 Å². The standard InChI is InChI=1S/C24H22N4O5/c1-4-32-17-10-9-15(11-18(17)30-2)21-20-19(13-5-7-14(8-6-13)24(29)31-3)16(12-25)22(26)33-23(20)28-27-21/h5-11,19H,4,26H2,1-3H3,(H,27,28). The van der Waals surface area contributed by atoms with Crippen molar-refractivity contribution in [3.05, 3.63) is 70.6 Å². The predicted octanol–water partition coefficient (Wildman–Crippen LogP) is 3.49. The van der Waals surface area contributed by atoms with Gasteiger partial charge in [-0.1, -0.05) is 12.1 Å². The van der Waals surface area contributed by atoms with Crippen molar-refractivity contribution in [3.8, 4) is 34.7 Å². The second kappa shape index (κ2) is 8.96. The molecule has 0 bridgehead atoms. The molecule has 0 aliphatic carbocycles. The number of hydrogen-bond acceptors (Lipinski definition) is 8. The molecule has 168 valence electrons. The third kappa shape index (κ3) is 3.83. The predicted molar refractivity (Wildman–Crippen MR) is 119 cm³/mol. The largest absolute Gasteiger partial charge is 0.493 e. The van der Waals surface area contributed by atoms with Crippen LogP contribution in [0.25, 0.3) is 11.3 Å². The Morgan fingerprint density at radius 1 is 1.21 bits per heavy atom. The number of methoxy groups -OCH3 is 2. The molecule has 9 nitrogen and oxygen atoms in total. The van der Waals surface area contributed by atoms with Crippen LogP contribution in [-0.4, -0.2) is 37.0 Å². The number of H-pyrrole nitrogens is 1. The Bertz CT molecular complexity index is 1270. The molecule has 33 heavy (non-hydrogen) atoms. The van der Waals surface area contributed by atoms with Crippen molar-refractivity contribution in [1.82, 2.24) is 10.2 Å². The van der Waals surface area contributed by atoms with Gasteiger partial charge >= 0.3 is 5.97 Å². The average molecular weight is 446 g/mol. The van der Waals surface area contributed by atoms with Gasteiger partial charge in [0, 0.05) is 5.56 Å². The first-order valence-corrected chi connectivity index (χ1v) is 10.2. The molecule has 0 amide bonds. The van der Waals surface area contributed by atoms with E-state index >= 15 is 0 Å². The number of esters is 1. The lowest BCUT2D eigenvalue weighted by atomic mass is 9.82. The number of carbonyl (C=O) groups excluding carboxylic acids is 1. The van der Waals surface area contributed by atoms with Gasteiger partial charge in [-0.15, -0.1) is 5.10 Å². The normalized spacial score (nSPS) is 14.7. The van der Waals surface area contributed by atoms with Gasteiger partial charge in [-0.25, -0.2) is 4.79 Å². The van der Waals surface area contributed by atoms with E-state index in [0.29, 0.717) is 34.9 Å². The van der Waals surface area contributed by atoms with E-state index in [1.165, 1.54) is 7.11 Å². The fourth-order valence-electron chi connectivity index (χ4n) is 3.83. The second-order valence-corrected chi connectivity index (χ2v) is 7.15. The van der Waals surface area contributed by atoms with Gasteiger partial charge in [-0.05, 0) is 42.8 Å². The zero-order valence-corrected chi connectivity index (χ0v) is 18.3. The summed E-state index contributed by atoms with van der Waals surface area (Å²) >= 11 is 0. The Morgan fingerprint density at radius 2 is 1.97 bits per heavy atom. The third-order valence-corrected chi connectivity index (χ3v) is 5.36. The van der Waals surface area contributed by atoms with Gasteiger partial charge in [0.25, 0.3) is 0 Å². The molecule has 1 aromatic heterocycles. The van der Waals surface area contributed by atoms with E-state index in [2.05, 4.69) is 16.3 Å². The maximum Gasteiger partial charge on any atom is 0.337 e. The fraction of sp³-hybridized carbons (Fsp3) is 0.208. The molecule has 1 atom stereocenters. The summed E-state index contributed by atoms with van der Waals surface area (Å²) in [5, 5.41) is 17.2. The van der Waals surface area contributed by atoms with Crippen LogP contribution >= 0.6 is 0 Å². The highest BCUT2D eigenvalue weighted by atomic mass is 16.5. The van der Waals surface area contributed by atoms with Crippen LogP contribution < -0.4 is 19.9 Å². The number of aromatic nitrogens is 2. The number of allylic oxidation sites excluding steroid dienone is 1. The Morgan fingerprint density at radius 3 is 2.61 bits per heavy atom. The highest BCUT2D eigenvalue weighted by molar-refractivity contribution is 5.89. The molecule has 2 heterocycles. The molecule has 0 fully saturated rings. The van der Waals surface area contributed by atoms with E-state index < -0.39 is 11.9 Å². The van der Waals surface area contributed by atoms with Gasteiger partial charge in [0.1, 0.15) is 11.6 Å². The smallest absolute Gasteiger partial charge is 0.337 e. The molecule has 0 saturated heterocycles. The Kier molecular flexibility index (Phi) is 5.91. The van der Waals surface area contributed by atoms with E-state index in [-0.39, 0.29) is 17.3 Å². The van der Waals surface area contributed by atoms with E-state index in [1.807, 2.05) is 25.1 Å². The number of carbonyl (C=O) groups is 1. The first-order chi connectivity index (χ1) is 16.0. The summed E-state index contributed by atoms with van der Waals surface area (Å²) in [6, 6.07) is 14.5. The van der Waals surface area contributed by atoms with Gasteiger partial charge in [0.05, 0.1) is 43.6 Å². The van der Waals surface area contributed by atoms with Crippen LogP contribution in [0.5, 0.6) is 17.4 Å². The molecule has 3 aromatic rings. The maximum atomic E-state index is 11.8. The summed E-state index contributed by atoms with van der Waals surface area (Å²) in [6.07, 6.45) is 0. The SMILES string of the molecule is CCOc1ccc(-c2[nH]nc3c2C(c2ccc(C(=O)OC)cc2)C(C#N)=C(N)O3)cc1OC. The summed E-state index contributed by atoms with van der Waals surface area (Å²) in [5.41, 5.74) is 9.50. The molecule has 2 aromatic carbocycles. The fourth-order valence-corrected chi connectivity index (χ4v) is 3.83.